The molecule has 0 aromatic carbocycles. The Morgan fingerprint density at radius 2 is 1.28 bits per heavy atom. The highest BCUT2D eigenvalue weighted by atomic mass is 19.1. The molecular weight excluding hydrogens is 391 g/mol. The third kappa shape index (κ3) is 8.16. The van der Waals surface area contributed by atoms with E-state index in [0.29, 0.717) is 35.5 Å². The molecule has 0 nitrogen and oxygen atoms in total. The molecule has 32 heavy (non-hydrogen) atoms. The molecule has 1 heteroatoms. The van der Waals surface area contributed by atoms with Crippen molar-refractivity contribution in [3.8, 4) is 0 Å². The third-order valence-electron chi connectivity index (χ3n) is 9.26. The lowest BCUT2D eigenvalue weighted by atomic mass is 9.55. The van der Waals surface area contributed by atoms with Gasteiger partial charge >= 0.3 is 0 Å². The van der Waals surface area contributed by atoms with Crippen LogP contribution in [0, 0.1) is 58.7 Å². The molecule has 0 heterocycles. The van der Waals surface area contributed by atoms with Crippen molar-refractivity contribution in [2.45, 2.75) is 128 Å². The molecular formula is C31H59F. The molecule has 0 aromatic rings. The van der Waals surface area contributed by atoms with Crippen LogP contribution in [-0.4, -0.2) is 5.67 Å². The highest BCUT2D eigenvalue weighted by molar-refractivity contribution is 5.24. The predicted molar refractivity (Wildman–Crippen MR) is 143 cm³/mol. The maximum Gasteiger partial charge on any atom is 0.126 e. The van der Waals surface area contributed by atoms with Crippen molar-refractivity contribution < 1.29 is 4.39 Å². The van der Waals surface area contributed by atoms with Crippen LogP contribution in [0.3, 0.4) is 0 Å². The first-order chi connectivity index (χ1) is 14.5. The van der Waals surface area contributed by atoms with Crippen LogP contribution in [0.1, 0.15) is 122 Å². The van der Waals surface area contributed by atoms with Gasteiger partial charge in [-0.1, -0.05) is 114 Å². The van der Waals surface area contributed by atoms with E-state index in [9.17, 15) is 0 Å². The van der Waals surface area contributed by atoms with Crippen molar-refractivity contribution in [3.63, 3.8) is 0 Å². The minimum absolute atomic E-state index is 0.185. The minimum atomic E-state index is -1.23. The fourth-order valence-electron chi connectivity index (χ4n) is 6.89. The smallest absolute Gasteiger partial charge is 0.126 e. The first-order valence-corrected chi connectivity index (χ1v) is 13.9. The molecule has 8 unspecified atom stereocenters. The topological polar surface area (TPSA) is 0 Å². The van der Waals surface area contributed by atoms with E-state index in [4.69, 9.17) is 0 Å². The second-order valence-electron chi connectivity index (χ2n) is 13.9. The fraction of sp³-hybridized carbons (Fsp3) is 0.935. The molecule has 1 rings (SSSR count). The van der Waals surface area contributed by atoms with Crippen LogP contribution in [0.25, 0.3) is 0 Å². The zero-order chi connectivity index (χ0) is 25.0. The first kappa shape index (κ1) is 29.7. The monoisotopic (exact) mass is 450 g/mol. The SMILES string of the molecule is CC(C)CCCC(C)C(C)CCC(C)C(C)C1C=C(C(C)(C)F)C(C)C(C(C)(C)C)C1C. The quantitative estimate of drug-likeness (QED) is 0.274. The van der Waals surface area contributed by atoms with E-state index < -0.39 is 5.67 Å². The summed E-state index contributed by atoms with van der Waals surface area (Å²) >= 11 is 0. The van der Waals surface area contributed by atoms with E-state index in [1.54, 1.807) is 13.8 Å². The number of hydrogen-bond acceptors (Lipinski definition) is 0. The molecule has 0 radical (unpaired) electrons. The van der Waals surface area contributed by atoms with Crippen molar-refractivity contribution in [2.24, 2.45) is 58.7 Å². The van der Waals surface area contributed by atoms with Crippen LogP contribution in [0.5, 0.6) is 0 Å². The summed E-state index contributed by atoms with van der Waals surface area (Å²) in [6.45, 7) is 29.8. The molecule has 190 valence electrons. The summed E-state index contributed by atoms with van der Waals surface area (Å²) in [4.78, 5) is 0. The van der Waals surface area contributed by atoms with Gasteiger partial charge in [-0.2, -0.15) is 0 Å². The minimum Gasteiger partial charge on any atom is -0.240 e. The van der Waals surface area contributed by atoms with Crippen molar-refractivity contribution in [3.05, 3.63) is 11.6 Å². The Labute approximate surface area is 202 Å². The summed E-state index contributed by atoms with van der Waals surface area (Å²) in [5.74, 6) is 5.55. The van der Waals surface area contributed by atoms with Crippen molar-refractivity contribution in [1.29, 1.82) is 0 Å². The summed E-state index contributed by atoms with van der Waals surface area (Å²) in [6, 6.07) is 0. The van der Waals surface area contributed by atoms with Crippen molar-refractivity contribution in [2.75, 3.05) is 0 Å². The molecule has 0 bridgehead atoms. The summed E-state index contributed by atoms with van der Waals surface area (Å²) < 4.78 is 15.3. The van der Waals surface area contributed by atoms with Crippen LogP contribution in [0.2, 0.25) is 0 Å². The Morgan fingerprint density at radius 3 is 1.75 bits per heavy atom. The highest BCUT2D eigenvalue weighted by Gasteiger charge is 2.46. The first-order valence-electron chi connectivity index (χ1n) is 13.9. The average Bonchev–Trinajstić information content (AvgIpc) is 2.62. The zero-order valence-corrected chi connectivity index (χ0v) is 24.2. The van der Waals surface area contributed by atoms with Crippen LogP contribution in [-0.2, 0) is 0 Å². The van der Waals surface area contributed by atoms with Gasteiger partial charge in [0.15, 0.2) is 0 Å². The van der Waals surface area contributed by atoms with E-state index in [1.165, 1.54) is 32.1 Å². The standard InChI is InChI=1S/C31H59F/c1-20(2)15-14-16-21(3)22(4)17-18-23(5)24(6)27-19-28(31(12,13)32)26(8)29(25(27)7)30(9,10)11/h19-27,29H,14-18H2,1-13H3. The Kier molecular flexibility index (Phi) is 11.0. The van der Waals surface area contributed by atoms with Gasteiger partial charge in [0, 0.05) is 0 Å². The highest BCUT2D eigenvalue weighted by Crippen LogP contribution is 2.52. The summed E-state index contributed by atoms with van der Waals surface area (Å²) in [5, 5.41) is 0. The lowest BCUT2D eigenvalue weighted by Gasteiger charge is -2.50. The Hall–Kier alpha value is -0.330. The van der Waals surface area contributed by atoms with E-state index in [0.717, 1.165) is 23.3 Å². The van der Waals surface area contributed by atoms with Gasteiger partial charge < -0.3 is 0 Å². The van der Waals surface area contributed by atoms with Gasteiger partial charge in [0.2, 0.25) is 0 Å². The normalized spacial score (nSPS) is 28.9. The second-order valence-corrected chi connectivity index (χ2v) is 13.9. The molecule has 0 aliphatic heterocycles. The maximum atomic E-state index is 15.3. The largest absolute Gasteiger partial charge is 0.240 e. The molecule has 0 saturated carbocycles. The van der Waals surface area contributed by atoms with Gasteiger partial charge in [0.05, 0.1) is 0 Å². The Morgan fingerprint density at radius 1 is 0.781 bits per heavy atom. The van der Waals surface area contributed by atoms with E-state index in [1.807, 2.05) is 0 Å². The van der Waals surface area contributed by atoms with Crippen LogP contribution >= 0.6 is 0 Å². The lowest BCUT2D eigenvalue weighted by molar-refractivity contribution is 0.0421. The fourth-order valence-corrected chi connectivity index (χ4v) is 6.89. The molecule has 0 spiro atoms. The van der Waals surface area contributed by atoms with Crippen molar-refractivity contribution in [1.82, 2.24) is 0 Å². The zero-order valence-electron chi connectivity index (χ0n) is 24.2. The molecule has 0 saturated heterocycles. The molecule has 0 N–H and O–H groups in total. The molecule has 0 fully saturated rings. The molecule has 0 amide bonds. The lowest BCUT2D eigenvalue weighted by Crippen LogP contribution is -2.44. The van der Waals surface area contributed by atoms with Crippen LogP contribution in [0.15, 0.2) is 11.6 Å². The summed E-state index contributed by atoms with van der Waals surface area (Å²) in [7, 11) is 0. The summed E-state index contributed by atoms with van der Waals surface area (Å²) in [6.07, 6.45) is 9.07. The van der Waals surface area contributed by atoms with E-state index in [-0.39, 0.29) is 5.41 Å². The van der Waals surface area contributed by atoms with E-state index >= 15 is 4.39 Å². The summed E-state index contributed by atoms with van der Waals surface area (Å²) in [5.41, 5.74) is 0.00119. The number of hydrogen-bond donors (Lipinski definition) is 0. The molecule has 0 aromatic heterocycles. The van der Waals surface area contributed by atoms with Crippen LogP contribution in [0.4, 0.5) is 4.39 Å². The average molecular weight is 451 g/mol. The van der Waals surface area contributed by atoms with Gasteiger partial charge in [-0.25, -0.2) is 4.39 Å². The Balaban J connectivity index is 2.89. The van der Waals surface area contributed by atoms with E-state index in [2.05, 4.69) is 82.2 Å². The van der Waals surface area contributed by atoms with Crippen molar-refractivity contribution >= 4 is 0 Å². The number of halogens is 1. The maximum absolute atomic E-state index is 15.3. The Bertz CT molecular complexity index is 572. The van der Waals surface area contributed by atoms with Gasteiger partial charge in [0.25, 0.3) is 0 Å². The number of alkyl halides is 1. The second kappa shape index (κ2) is 11.9. The molecule has 8 atom stereocenters. The number of allylic oxidation sites excluding steroid dienone is 2. The van der Waals surface area contributed by atoms with Crippen LogP contribution < -0.4 is 0 Å². The third-order valence-corrected chi connectivity index (χ3v) is 9.26. The predicted octanol–water partition coefficient (Wildman–Crippen LogP) is 10.4. The van der Waals surface area contributed by atoms with Gasteiger partial charge in [-0.3, -0.25) is 0 Å². The number of rotatable bonds is 11. The molecule has 1 aliphatic rings. The van der Waals surface area contributed by atoms with Gasteiger partial charge in [-0.05, 0) is 78.1 Å². The van der Waals surface area contributed by atoms with Gasteiger partial charge in [-0.15, -0.1) is 0 Å². The molecule has 1 aliphatic carbocycles. The van der Waals surface area contributed by atoms with Gasteiger partial charge in [0.1, 0.15) is 5.67 Å².